The van der Waals surface area contributed by atoms with Crippen LogP contribution in [-0.2, 0) is 9.59 Å². The Balaban J connectivity index is 1.58. The molecule has 3 amide bonds. The van der Waals surface area contributed by atoms with Crippen LogP contribution in [0.3, 0.4) is 0 Å². The first kappa shape index (κ1) is 19.4. The van der Waals surface area contributed by atoms with E-state index in [9.17, 15) is 14.4 Å². The lowest BCUT2D eigenvalue weighted by Gasteiger charge is -2.25. The molecule has 0 radical (unpaired) electrons. The number of nitrogens with one attached hydrogen (secondary N) is 1. The van der Waals surface area contributed by atoms with Gasteiger partial charge in [-0.15, -0.1) is 0 Å². The van der Waals surface area contributed by atoms with E-state index in [0.717, 1.165) is 36.1 Å². The molecule has 1 saturated carbocycles. The number of fused-ring (bicyclic) bond motifs is 1. The summed E-state index contributed by atoms with van der Waals surface area (Å²) in [5.74, 6) is -0.491. The summed E-state index contributed by atoms with van der Waals surface area (Å²) in [5.41, 5.74) is 3.77. The Hall–Kier alpha value is -2.95. The zero-order valence-electron chi connectivity index (χ0n) is 17.1. The maximum absolute atomic E-state index is 12.9. The highest BCUT2D eigenvalue weighted by molar-refractivity contribution is 6.22. The fraction of sp³-hybridized carbons (Fsp3) is 0.375. The van der Waals surface area contributed by atoms with Gasteiger partial charge in [-0.3, -0.25) is 19.3 Å². The summed E-state index contributed by atoms with van der Waals surface area (Å²) in [6.45, 7) is 6.09. The summed E-state index contributed by atoms with van der Waals surface area (Å²) in [4.78, 5) is 39.9. The van der Waals surface area contributed by atoms with Gasteiger partial charge in [0.25, 0.3) is 5.91 Å². The predicted molar refractivity (Wildman–Crippen MR) is 113 cm³/mol. The largest absolute Gasteiger partial charge is 0.322 e. The number of hydrogen-bond acceptors (Lipinski definition) is 3. The van der Waals surface area contributed by atoms with E-state index in [1.807, 2.05) is 32.0 Å². The van der Waals surface area contributed by atoms with Gasteiger partial charge in [0.2, 0.25) is 11.8 Å². The van der Waals surface area contributed by atoms with Crippen LogP contribution in [0.5, 0.6) is 0 Å². The number of anilines is 2. The van der Waals surface area contributed by atoms with Gasteiger partial charge in [0.05, 0.1) is 17.5 Å². The fourth-order valence-electron chi connectivity index (χ4n) is 4.58. The number of carbonyl (C=O) groups is 3. The van der Waals surface area contributed by atoms with E-state index >= 15 is 0 Å². The average Bonchev–Trinajstić information content (AvgIpc) is 2.94. The van der Waals surface area contributed by atoms with Gasteiger partial charge in [-0.1, -0.05) is 30.7 Å². The van der Waals surface area contributed by atoms with Crippen LogP contribution in [-0.4, -0.2) is 17.7 Å². The molecule has 4 rings (SSSR count). The fourth-order valence-corrected chi connectivity index (χ4v) is 4.58. The van der Waals surface area contributed by atoms with E-state index in [4.69, 9.17) is 0 Å². The number of hydrogen-bond donors (Lipinski definition) is 1. The number of imide groups is 1. The van der Waals surface area contributed by atoms with Crippen molar-refractivity contribution in [1.29, 1.82) is 0 Å². The minimum absolute atomic E-state index is 0.126. The molecule has 2 fully saturated rings. The van der Waals surface area contributed by atoms with Crippen LogP contribution in [0.25, 0.3) is 0 Å². The molecule has 2 aromatic rings. The number of benzene rings is 2. The second kappa shape index (κ2) is 7.47. The van der Waals surface area contributed by atoms with Crippen molar-refractivity contribution in [3.63, 3.8) is 0 Å². The molecule has 2 aromatic carbocycles. The van der Waals surface area contributed by atoms with Crippen molar-refractivity contribution in [3.05, 3.63) is 59.2 Å². The standard InChI is InChI=1S/C24H26N2O3/c1-14-8-10-21(16(3)11-14)25-22(27)17-5-4-6-18(13-17)26-23(28)19-9-7-15(2)12-20(19)24(26)29/h4-6,8,10-11,13,15,19-20H,7,9,12H2,1-3H3,(H,25,27)/t15-,19-,20-/m1/s1. The van der Waals surface area contributed by atoms with Crippen LogP contribution in [0.15, 0.2) is 42.5 Å². The summed E-state index contributed by atoms with van der Waals surface area (Å²) >= 11 is 0. The van der Waals surface area contributed by atoms with Gasteiger partial charge in [-0.05, 0) is 68.9 Å². The average molecular weight is 390 g/mol. The predicted octanol–water partition coefficient (Wildman–Crippen LogP) is 4.48. The van der Waals surface area contributed by atoms with Crippen molar-refractivity contribution < 1.29 is 14.4 Å². The van der Waals surface area contributed by atoms with Crippen molar-refractivity contribution in [2.24, 2.45) is 17.8 Å². The molecule has 1 aliphatic heterocycles. The molecule has 0 spiro atoms. The molecule has 0 bridgehead atoms. The zero-order valence-corrected chi connectivity index (χ0v) is 17.1. The SMILES string of the molecule is Cc1ccc(NC(=O)c2cccc(N3C(=O)[C@@H]4CC[C@@H](C)C[C@H]4C3=O)c2)c(C)c1. The van der Waals surface area contributed by atoms with Crippen molar-refractivity contribution in [1.82, 2.24) is 0 Å². The molecule has 3 atom stereocenters. The molecule has 0 aromatic heterocycles. The van der Waals surface area contributed by atoms with Gasteiger partial charge in [-0.25, -0.2) is 0 Å². The lowest BCUT2D eigenvalue weighted by Crippen LogP contribution is -2.31. The smallest absolute Gasteiger partial charge is 0.255 e. The van der Waals surface area contributed by atoms with Gasteiger partial charge in [0.15, 0.2) is 0 Å². The van der Waals surface area contributed by atoms with Crippen LogP contribution in [0.2, 0.25) is 0 Å². The molecule has 5 nitrogen and oxygen atoms in total. The first-order chi connectivity index (χ1) is 13.8. The van der Waals surface area contributed by atoms with Gasteiger partial charge < -0.3 is 5.32 Å². The normalized spacial score (nSPS) is 23.8. The van der Waals surface area contributed by atoms with Crippen LogP contribution < -0.4 is 10.2 Å². The van der Waals surface area contributed by atoms with E-state index in [-0.39, 0.29) is 29.6 Å². The van der Waals surface area contributed by atoms with Gasteiger partial charge in [0, 0.05) is 11.3 Å². The summed E-state index contributed by atoms with van der Waals surface area (Å²) in [5, 5.41) is 2.92. The van der Waals surface area contributed by atoms with Crippen molar-refractivity contribution >= 4 is 29.1 Å². The Labute approximate surface area is 171 Å². The maximum atomic E-state index is 12.9. The zero-order chi connectivity index (χ0) is 20.7. The molecule has 150 valence electrons. The number of nitrogens with zero attached hydrogens (tertiary/aromatic N) is 1. The number of carbonyl (C=O) groups excluding carboxylic acids is 3. The highest BCUT2D eigenvalue weighted by Gasteiger charge is 2.50. The molecular weight excluding hydrogens is 364 g/mol. The first-order valence-corrected chi connectivity index (χ1v) is 10.2. The third-order valence-corrected chi connectivity index (χ3v) is 6.18. The third-order valence-electron chi connectivity index (χ3n) is 6.18. The van der Waals surface area contributed by atoms with E-state index in [1.54, 1.807) is 24.3 Å². The lowest BCUT2D eigenvalue weighted by atomic mass is 9.76. The van der Waals surface area contributed by atoms with Crippen molar-refractivity contribution in [3.8, 4) is 0 Å². The van der Waals surface area contributed by atoms with E-state index in [0.29, 0.717) is 17.2 Å². The third kappa shape index (κ3) is 3.57. The van der Waals surface area contributed by atoms with Crippen molar-refractivity contribution in [2.45, 2.75) is 40.0 Å². The Kier molecular flexibility index (Phi) is 4.99. The Morgan fingerprint density at radius 3 is 2.52 bits per heavy atom. The monoisotopic (exact) mass is 390 g/mol. The molecule has 1 saturated heterocycles. The minimum Gasteiger partial charge on any atom is -0.322 e. The molecular formula is C24H26N2O3. The van der Waals surface area contributed by atoms with Crippen LogP contribution in [0, 0.1) is 31.6 Å². The highest BCUT2D eigenvalue weighted by Crippen LogP contribution is 2.42. The van der Waals surface area contributed by atoms with Gasteiger partial charge >= 0.3 is 0 Å². The Bertz CT molecular complexity index is 997. The number of amides is 3. The van der Waals surface area contributed by atoms with Gasteiger partial charge in [0.1, 0.15) is 0 Å². The summed E-state index contributed by atoms with van der Waals surface area (Å²) in [7, 11) is 0. The molecule has 2 aliphatic rings. The second-order valence-electron chi connectivity index (χ2n) is 8.47. The molecule has 1 N–H and O–H groups in total. The molecule has 1 heterocycles. The topological polar surface area (TPSA) is 66.5 Å². The van der Waals surface area contributed by atoms with E-state index in [2.05, 4.69) is 12.2 Å². The maximum Gasteiger partial charge on any atom is 0.255 e. The Morgan fingerprint density at radius 2 is 1.76 bits per heavy atom. The second-order valence-corrected chi connectivity index (χ2v) is 8.47. The lowest BCUT2D eigenvalue weighted by molar-refractivity contribution is -0.122. The molecule has 0 unspecified atom stereocenters. The highest BCUT2D eigenvalue weighted by atomic mass is 16.2. The number of aryl methyl sites for hydroxylation is 2. The number of rotatable bonds is 3. The van der Waals surface area contributed by atoms with Crippen LogP contribution in [0.4, 0.5) is 11.4 Å². The quantitative estimate of drug-likeness (QED) is 0.786. The molecule has 1 aliphatic carbocycles. The van der Waals surface area contributed by atoms with E-state index in [1.165, 1.54) is 4.90 Å². The molecule has 5 heteroatoms. The van der Waals surface area contributed by atoms with E-state index < -0.39 is 0 Å². The van der Waals surface area contributed by atoms with Crippen molar-refractivity contribution in [2.75, 3.05) is 10.2 Å². The summed E-state index contributed by atoms with van der Waals surface area (Å²) in [6.07, 6.45) is 2.50. The summed E-state index contributed by atoms with van der Waals surface area (Å²) in [6, 6.07) is 12.6. The van der Waals surface area contributed by atoms with Gasteiger partial charge in [-0.2, -0.15) is 0 Å². The minimum atomic E-state index is -0.260. The molecule has 29 heavy (non-hydrogen) atoms. The van der Waals surface area contributed by atoms with Crippen LogP contribution in [0.1, 0.15) is 47.7 Å². The van der Waals surface area contributed by atoms with Crippen LogP contribution >= 0.6 is 0 Å². The first-order valence-electron chi connectivity index (χ1n) is 10.2. The Morgan fingerprint density at radius 1 is 1.00 bits per heavy atom. The summed E-state index contributed by atoms with van der Waals surface area (Å²) < 4.78 is 0.